The molecule has 8 heteroatoms. The van der Waals surface area contributed by atoms with Gasteiger partial charge < -0.3 is 18.9 Å². The zero-order valence-corrected chi connectivity index (χ0v) is 14.0. The van der Waals surface area contributed by atoms with E-state index < -0.39 is 35.7 Å². The SMILES string of the molecule is CCOC(=O)CC(CC(CC(=O)OC)C(=O)OC)C(=O)OCC. The van der Waals surface area contributed by atoms with E-state index in [4.69, 9.17) is 9.47 Å². The van der Waals surface area contributed by atoms with Crippen molar-refractivity contribution in [1.29, 1.82) is 0 Å². The molecule has 0 bridgehead atoms. The fourth-order valence-electron chi connectivity index (χ4n) is 2.00. The van der Waals surface area contributed by atoms with Crippen molar-refractivity contribution in [3.8, 4) is 0 Å². The molecule has 0 N–H and O–H groups in total. The van der Waals surface area contributed by atoms with Gasteiger partial charge in [-0.25, -0.2) is 0 Å². The highest BCUT2D eigenvalue weighted by molar-refractivity contribution is 5.83. The first kappa shape index (κ1) is 20.9. The molecular weight excluding hydrogens is 308 g/mol. The molecule has 0 aromatic heterocycles. The summed E-state index contributed by atoms with van der Waals surface area (Å²) in [5.41, 5.74) is 0. The van der Waals surface area contributed by atoms with Crippen LogP contribution in [0.15, 0.2) is 0 Å². The van der Waals surface area contributed by atoms with Crippen LogP contribution in [-0.4, -0.2) is 51.3 Å². The molecule has 0 aliphatic rings. The van der Waals surface area contributed by atoms with Crippen LogP contribution in [0, 0.1) is 11.8 Å². The summed E-state index contributed by atoms with van der Waals surface area (Å²) in [4.78, 5) is 46.8. The molecule has 0 saturated carbocycles. The number of hydrogen-bond donors (Lipinski definition) is 0. The molecular formula is C15H24O8. The van der Waals surface area contributed by atoms with E-state index in [2.05, 4.69) is 9.47 Å². The second-order valence-corrected chi connectivity index (χ2v) is 4.69. The average molecular weight is 332 g/mol. The fourth-order valence-corrected chi connectivity index (χ4v) is 2.00. The maximum absolute atomic E-state index is 12.0. The normalized spacial score (nSPS) is 12.7. The van der Waals surface area contributed by atoms with Gasteiger partial charge in [-0.2, -0.15) is 0 Å². The van der Waals surface area contributed by atoms with Crippen LogP contribution in [0.3, 0.4) is 0 Å². The van der Waals surface area contributed by atoms with Crippen LogP contribution >= 0.6 is 0 Å². The summed E-state index contributed by atoms with van der Waals surface area (Å²) in [7, 11) is 2.37. The Bertz CT molecular complexity index is 418. The van der Waals surface area contributed by atoms with Crippen molar-refractivity contribution in [3.63, 3.8) is 0 Å². The van der Waals surface area contributed by atoms with Crippen molar-refractivity contribution in [2.45, 2.75) is 33.1 Å². The molecule has 0 rings (SSSR count). The second-order valence-electron chi connectivity index (χ2n) is 4.69. The lowest BCUT2D eigenvalue weighted by molar-refractivity contribution is -0.158. The smallest absolute Gasteiger partial charge is 0.309 e. The van der Waals surface area contributed by atoms with Gasteiger partial charge in [0.05, 0.1) is 52.1 Å². The summed E-state index contributed by atoms with van der Waals surface area (Å²) in [6.45, 7) is 3.59. The number of hydrogen-bond acceptors (Lipinski definition) is 8. The Morgan fingerprint density at radius 2 is 1.26 bits per heavy atom. The number of rotatable bonds is 10. The lowest BCUT2D eigenvalue weighted by Gasteiger charge is -2.19. The van der Waals surface area contributed by atoms with Gasteiger partial charge in [0, 0.05) is 0 Å². The number of ether oxygens (including phenoxy) is 4. The first-order valence-electron chi connectivity index (χ1n) is 7.36. The number of esters is 4. The third-order valence-electron chi connectivity index (χ3n) is 3.08. The van der Waals surface area contributed by atoms with Crippen LogP contribution in [0.4, 0.5) is 0 Å². The zero-order valence-electron chi connectivity index (χ0n) is 14.0. The molecule has 2 unspecified atom stereocenters. The van der Waals surface area contributed by atoms with Crippen molar-refractivity contribution >= 4 is 23.9 Å². The van der Waals surface area contributed by atoms with Gasteiger partial charge in [-0.3, -0.25) is 19.2 Å². The summed E-state index contributed by atoms with van der Waals surface area (Å²) in [5.74, 6) is -4.28. The summed E-state index contributed by atoms with van der Waals surface area (Å²) in [6.07, 6.45) is -0.553. The third kappa shape index (κ3) is 8.18. The largest absolute Gasteiger partial charge is 0.469 e. The van der Waals surface area contributed by atoms with Crippen LogP contribution in [0.2, 0.25) is 0 Å². The van der Waals surface area contributed by atoms with Gasteiger partial charge in [-0.05, 0) is 20.3 Å². The molecule has 0 saturated heterocycles. The second kappa shape index (κ2) is 11.4. The first-order chi connectivity index (χ1) is 10.9. The van der Waals surface area contributed by atoms with E-state index in [0.29, 0.717) is 0 Å². The van der Waals surface area contributed by atoms with E-state index in [1.807, 2.05) is 0 Å². The molecule has 8 nitrogen and oxygen atoms in total. The maximum atomic E-state index is 12.0. The summed E-state index contributed by atoms with van der Waals surface area (Å²) in [6, 6.07) is 0. The maximum Gasteiger partial charge on any atom is 0.309 e. The number of methoxy groups -OCH3 is 2. The van der Waals surface area contributed by atoms with Gasteiger partial charge in [0.1, 0.15) is 0 Å². The highest BCUT2D eigenvalue weighted by Gasteiger charge is 2.32. The minimum atomic E-state index is -0.906. The molecule has 0 aromatic carbocycles. The van der Waals surface area contributed by atoms with Gasteiger partial charge in [0.15, 0.2) is 0 Å². The van der Waals surface area contributed by atoms with E-state index in [9.17, 15) is 19.2 Å². The Labute approximate surface area is 135 Å². The number of carbonyl (C=O) groups is 4. The van der Waals surface area contributed by atoms with E-state index >= 15 is 0 Å². The van der Waals surface area contributed by atoms with Gasteiger partial charge in [0.25, 0.3) is 0 Å². The minimum absolute atomic E-state index is 0.0700. The molecule has 0 aliphatic heterocycles. The average Bonchev–Trinajstić information content (AvgIpc) is 2.52. The van der Waals surface area contributed by atoms with Crippen molar-refractivity contribution in [1.82, 2.24) is 0 Å². The topological polar surface area (TPSA) is 105 Å². The Kier molecular flexibility index (Phi) is 10.4. The Morgan fingerprint density at radius 3 is 1.74 bits per heavy atom. The lowest BCUT2D eigenvalue weighted by Crippen LogP contribution is -2.29. The van der Waals surface area contributed by atoms with Crippen molar-refractivity contribution < 1.29 is 38.1 Å². The Morgan fingerprint density at radius 1 is 0.739 bits per heavy atom. The Hall–Kier alpha value is -2.12. The molecule has 0 aromatic rings. The van der Waals surface area contributed by atoms with Crippen LogP contribution in [0.5, 0.6) is 0 Å². The van der Waals surface area contributed by atoms with E-state index in [-0.39, 0.29) is 32.5 Å². The highest BCUT2D eigenvalue weighted by atomic mass is 16.5. The van der Waals surface area contributed by atoms with Crippen LogP contribution < -0.4 is 0 Å². The van der Waals surface area contributed by atoms with Crippen molar-refractivity contribution in [2.75, 3.05) is 27.4 Å². The molecule has 0 aliphatic carbocycles. The fraction of sp³-hybridized carbons (Fsp3) is 0.733. The Balaban J connectivity index is 5.08. The monoisotopic (exact) mass is 332 g/mol. The molecule has 0 fully saturated rings. The zero-order chi connectivity index (χ0) is 17.8. The van der Waals surface area contributed by atoms with E-state index in [1.165, 1.54) is 14.2 Å². The van der Waals surface area contributed by atoms with Gasteiger partial charge in [-0.15, -0.1) is 0 Å². The third-order valence-corrected chi connectivity index (χ3v) is 3.08. The predicted molar refractivity (Wildman–Crippen MR) is 78.1 cm³/mol. The lowest BCUT2D eigenvalue weighted by atomic mass is 9.90. The summed E-state index contributed by atoms with van der Waals surface area (Å²) >= 11 is 0. The molecule has 132 valence electrons. The molecule has 0 heterocycles. The van der Waals surface area contributed by atoms with E-state index in [0.717, 1.165) is 0 Å². The van der Waals surface area contributed by atoms with Crippen LogP contribution in [-0.2, 0) is 38.1 Å². The predicted octanol–water partition coefficient (Wildman–Crippen LogP) is 0.861. The van der Waals surface area contributed by atoms with E-state index in [1.54, 1.807) is 13.8 Å². The van der Waals surface area contributed by atoms with Gasteiger partial charge >= 0.3 is 23.9 Å². The molecule has 2 atom stereocenters. The van der Waals surface area contributed by atoms with Crippen molar-refractivity contribution in [2.24, 2.45) is 11.8 Å². The molecule has 23 heavy (non-hydrogen) atoms. The molecule has 0 spiro atoms. The van der Waals surface area contributed by atoms with Crippen molar-refractivity contribution in [3.05, 3.63) is 0 Å². The minimum Gasteiger partial charge on any atom is -0.469 e. The molecule has 0 amide bonds. The van der Waals surface area contributed by atoms with Gasteiger partial charge in [0.2, 0.25) is 0 Å². The highest BCUT2D eigenvalue weighted by Crippen LogP contribution is 2.22. The quantitative estimate of drug-likeness (QED) is 0.428. The standard InChI is InChI=1S/C15H24O8/c1-5-22-13(17)9-11(15(19)23-6-2)7-10(14(18)21-4)8-12(16)20-3/h10-11H,5-9H2,1-4H3. The van der Waals surface area contributed by atoms with Crippen LogP contribution in [0.1, 0.15) is 33.1 Å². The summed E-state index contributed by atoms with van der Waals surface area (Å²) < 4.78 is 18.9. The number of carbonyl (C=O) groups excluding carboxylic acids is 4. The van der Waals surface area contributed by atoms with Crippen LogP contribution in [0.25, 0.3) is 0 Å². The van der Waals surface area contributed by atoms with Gasteiger partial charge in [-0.1, -0.05) is 0 Å². The first-order valence-corrected chi connectivity index (χ1v) is 7.36. The molecule has 0 radical (unpaired) electrons. The summed E-state index contributed by atoms with van der Waals surface area (Å²) in [5, 5.41) is 0.